The molecular weight excluding hydrogens is 276 g/mol. The molecule has 1 fully saturated rings. The largest absolute Gasteiger partial charge is 0.458 e. The van der Waals surface area contributed by atoms with E-state index in [4.69, 9.17) is 4.42 Å². The molecule has 2 atom stereocenters. The fraction of sp³-hybridized carbons (Fsp3) is 0.467. The van der Waals surface area contributed by atoms with Crippen LogP contribution in [0.2, 0.25) is 0 Å². The van der Waals surface area contributed by atoms with E-state index >= 15 is 0 Å². The van der Waals surface area contributed by atoms with Crippen molar-refractivity contribution in [2.45, 2.75) is 37.0 Å². The Bertz CT molecular complexity index is 759. The number of hydrogen-bond acceptors (Lipinski definition) is 4. The van der Waals surface area contributed by atoms with Crippen LogP contribution in [0.25, 0.3) is 11.0 Å². The van der Waals surface area contributed by atoms with Crippen molar-refractivity contribution in [1.29, 1.82) is 0 Å². The van der Waals surface area contributed by atoms with Crippen molar-refractivity contribution >= 4 is 20.8 Å². The Morgan fingerprint density at radius 3 is 2.80 bits per heavy atom. The minimum Gasteiger partial charge on any atom is -0.458 e. The van der Waals surface area contributed by atoms with E-state index in [1.165, 1.54) is 6.26 Å². The average Bonchev–Trinajstić information content (AvgIpc) is 2.92. The molecule has 3 rings (SSSR count). The predicted molar refractivity (Wildman–Crippen MR) is 77.3 cm³/mol. The van der Waals surface area contributed by atoms with Crippen LogP contribution in [0.1, 0.15) is 30.6 Å². The molecule has 0 saturated heterocycles. The Morgan fingerprint density at radius 1 is 1.35 bits per heavy atom. The fourth-order valence-electron chi connectivity index (χ4n) is 3.18. The second-order valence-electron chi connectivity index (χ2n) is 5.79. The van der Waals surface area contributed by atoms with Crippen LogP contribution in [-0.4, -0.2) is 25.0 Å². The second kappa shape index (κ2) is 4.33. The standard InChI is InChI=1S/C15H18O4S/c1-10-5-6-12-11(8-10)9-13(19-12)15(16)7-3-4-14(15)20(2,17)18/h5-6,8-9,14,16H,3-4,7H2,1-2H3. The van der Waals surface area contributed by atoms with Gasteiger partial charge >= 0.3 is 0 Å². The van der Waals surface area contributed by atoms with Crippen LogP contribution in [0.4, 0.5) is 0 Å². The van der Waals surface area contributed by atoms with Gasteiger partial charge in [0.1, 0.15) is 16.9 Å². The summed E-state index contributed by atoms with van der Waals surface area (Å²) < 4.78 is 29.5. The topological polar surface area (TPSA) is 67.5 Å². The van der Waals surface area contributed by atoms with E-state index in [0.717, 1.165) is 10.9 Å². The van der Waals surface area contributed by atoms with E-state index in [2.05, 4.69) is 0 Å². The van der Waals surface area contributed by atoms with Crippen molar-refractivity contribution in [3.8, 4) is 0 Å². The first-order valence-corrected chi connectivity index (χ1v) is 8.68. The number of sulfone groups is 1. The van der Waals surface area contributed by atoms with Gasteiger partial charge in [0.05, 0.1) is 5.25 Å². The van der Waals surface area contributed by atoms with Crippen molar-refractivity contribution in [3.63, 3.8) is 0 Å². The van der Waals surface area contributed by atoms with Crippen molar-refractivity contribution in [1.82, 2.24) is 0 Å². The molecule has 4 nitrogen and oxygen atoms in total. The average molecular weight is 294 g/mol. The van der Waals surface area contributed by atoms with Crippen molar-refractivity contribution in [2.75, 3.05) is 6.26 Å². The lowest BCUT2D eigenvalue weighted by Gasteiger charge is -2.26. The van der Waals surface area contributed by atoms with Gasteiger partial charge < -0.3 is 9.52 Å². The maximum absolute atomic E-state index is 11.9. The third kappa shape index (κ3) is 2.05. The van der Waals surface area contributed by atoms with Gasteiger partial charge in [0.25, 0.3) is 0 Å². The normalized spacial score (nSPS) is 27.2. The molecule has 5 heteroatoms. The number of fused-ring (bicyclic) bond motifs is 1. The first kappa shape index (κ1) is 13.6. The van der Waals surface area contributed by atoms with Gasteiger partial charge in [-0.3, -0.25) is 0 Å². The van der Waals surface area contributed by atoms with Crippen molar-refractivity contribution < 1.29 is 17.9 Å². The molecule has 1 saturated carbocycles. The zero-order chi connectivity index (χ0) is 14.5. The quantitative estimate of drug-likeness (QED) is 0.924. The van der Waals surface area contributed by atoms with Gasteiger partial charge in [0.15, 0.2) is 9.84 Å². The molecule has 0 spiro atoms. The summed E-state index contributed by atoms with van der Waals surface area (Å²) in [6.07, 6.45) is 2.76. The summed E-state index contributed by atoms with van der Waals surface area (Å²) in [5.74, 6) is 0.367. The molecule has 20 heavy (non-hydrogen) atoms. The molecule has 0 bridgehead atoms. The van der Waals surface area contributed by atoms with E-state index in [0.29, 0.717) is 30.6 Å². The molecule has 2 aromatic rings. The molecule has 0 radical (unpaired) electrons. The Labute approximate surface area is 118 Å². The number of hydrogen-bond donors (Lipinski definition) is 1. The fourth-order valence-corrected chi connectivity index (χ4v) is 4.72. The van der Waals surface area contributed by atoms with E-state index in [1.807, 2.05) is 25.1 Å². The monoisotopic (exact) mass is 294 g/mol. The Kier molecular flexibility index (Phi) is 2.95. The Hall–Kier alpha value is -1.33. The summed E-state index contributed by atoms with van der Waals surface area (Å²) in [6, 6.07) is 7.52. The van der Waals surface area contributed by atoms with Crippen LogP contribution >= 0.6 is 0 Å². The number of benzene rings is 1. The summed E-state index contributed by atoms with van der Waals surface area (Å²) in [4.78, 5) is 0. The number of aliphatic hydroxyl groups is 1. The third-order valence-corrected chi connectivity index (χ3v) is 5.83. The molecule has 1 aliphatic rings. The highest BCUT2D eigenvalue weighted by Crippen LogP contribution is 2.44. The number of rotatable bonds is 2. The predicted octanol–water partition coefficient (Wildman–Crippen LogP) is 2.53. The maximum atomic E-state index is 11.9. The summed E-state index contributed by atoms with van der Waals surface area (Å²) in [5, 5.41) is 11.0. The molecule has 1 aromatic heterocycles. The number of aryl methyl sites for hydroxylation is 1. The molecule has 1 heterocycles. The molecular formula is C15H18O4S. The zero-order valence-corrected chi connectivity index (χ0v) is 12.4. The third-order valence-electron chi connectivity index (χ3n) is 4.17. The molecule has 1 aliphatic carbocycles. The van der Waals surface area contributed by atoms with Gasteiger partial charge in [-0.15, -0.1) is 0 Å². The first-order chi connectivity index (χ1) is 9.30. The maximum Gasteiger partial charge on any atom is 0.153 e. The van der Waals surface area contributed by atoms with E-state index < -0.39 is 20.7 Å². The second-order valence-corrected chi connectivity index (χ2v) is 8.01. The minimum absolute atomic E-state index is 0.367. The lowest BCUT2D eigenvalue weighted by Crippen LogP contribution is -2.39. The number of furan rings is 1. The van der Waals surface area contributed by atoms with E-state index in [9.17, 15) is 13.5 Å². The van der Waals surface area contributed by atoms with Crippen LogP contribution in [-0.2, 0) is 15.4 Å². The highest BCUT2D eigenvalue weighted by molar-refractivity contribution is 7.91. The highest BCUT2D eigenvalue weighted by Gasteiger charge is 2.50. The summed E-state index contributed by atoms with van der Waals surface area (Å²) in [7, 11) is -3.31. The molecule has 0 amide bonds. The van der Waals surface area contributed by atoms with Crippen molar-refractivity contribution in [3.05, 3.63) is 35.6 Å². The van der Waals surface area contributed by atoms with Gasteiger partial charge in [-0.05, 0) is 44.4 Å². The van der Waals surface area contributed by atoms with Gasteiger partial charge in [0.2, 0.25) is 0 Å². The van der Waals surface area contributed by atoms with Gasteiger partial charge in [-0.1, -0.05) is 11.6 Å². The first-order valence-electron chi connectivity index (χ1n) is 6.72. The SMILES string of the molecule is Cc1ccc2oc(C3(O)CCCC3S(C)(=O)=O)cc2c1. The van der Waals surface area contributed by atoms with Crippen LogP contribution < -0.4 is 0 Å². The van der Waals surface area contributed by atoms with E-state index in [-0.39, 0.29) is 0 Å². The summed E-state index contributed by atoms with van der Waals surface area (Å²) in [5.41, 5.74) is 0.377. The van der Waals surface area contributed by atoms with Crippen LogP contribution in [0, 0.1) is 6.92 Å². The summed E-state index contributed by atoms with van der Waals surface area (Å²) >= 11 is 0. The van der Waals surface area contributed by atoms with Gasteiger partial charge in [-0.2, -0.15) is 0 Å². The molecule has 1 N–H and O–H groups in total. The Balaban J connectivity index is 2.13. The Morgan fingerprint density at radius 2 is 2.10 bits per heavy atom. The van der Waals surface area contributed by atoms with Crippen LogP contribution in [0.3, 0.4) is 0 Å². The lowest BCUT2D eigenvalue weighted by atomic mass is 9.98. The van der Waals surface area contributed by atoms with Crippen molar-refractivity contribution in [2.24, 2.45) is 0 Å². The van der Waals surface area contributed by atoms with Gasteiger partial charge in [0, 0.05) is 11.6 Å². The van der Waals surface area contributed by atoms with E-state index in [1.54, 1.807) is 6.07 Å². The smallest absolute Gasteiger partial charge is 0.153 e. The highest BCUT2D eigenvalue weighted by atomic mass is 32.2. The molecule has 2 unspecified atom stereocenters. The van der Waals surface area contributed by atoms with Crippen LogP contribution in [0.15, 0.2) is 28.7 Å². The minimum atomic E-state index is -3.31. The molecule has 1 aromatic carbocycles. The van der Waals surface area contributed by atoms with Gasteiger partial charge in [-0.25, -0.2) is 8.42 Å². The zero-order valence-electron chi connectivity index (χ0n) is 11.6. The molecule has 108 valence electrons. The molecule has 0 aliphatic heterocycles. The summed E-state index contributed by atoms with van der Waals surface area (Å²) in [6.45, 7) is 1.98. The lowest BCUT2D eigenvalue weighted by molar-refractivity contribution is 0.0267. The van der Waals surface area contributed by atoms with Crippen LogP contribution in [0.5, 0.6) is 0 Å².